The molecule has 0 spiro atoms. The smallest absolute Gasteiger partial charge is 0.416 e. The van der Waals surface area contributed by atoms with Crippen molar-refractivity contribution in [3.8, 4) is 0 Å². The van der Waals surface area contributed by atoms with Crippen LogP contribution in [-0.2, 0) is 11.0 Å². The number of carboxylic acids is 1. The van der Waals surface area contributed by atoms with Gasteiger partial charge in [-0.3, -0.25) is 9.69 Å². The average molecular weight is 438 g/mol. The van der Waals surface area contributed by atoms with Crippen LogP contribution in [0.4, 0.5) is 18.9 Å². The third-order valence-electron chi connectivity index (χ3n) is 5.42. The van der Waals surface area contributed by atoms with E-state index in [-0.39, 0.29) is 0 Å². The molecule has 0 unspecified atom stereocenters. The molecule has 1 aliphatic heterocycles. The average Bonchev–Trinajstić information content (AvgIpc) is 3.11. The fraction of sp³-hybridized carbons (Fsp3) is 0.286. The zero-order valence-corrected chi connectivity index (χ0v) is 16.5. The van der Waals surface area contributed by atoms with E-state index in [9.17, 15) is 23.1 Å². The number of nitrogens with one attached hydrogen (secondary N) is 1. The quantitative estimate of drug-likeness (QED) is 0.616. The number of aliphatic carboxylic acids is 1. The maximum atomic E-state index is 13.0. The van der Waals surface area contributed by atoms with Gasteiger partial charge >= 0.3 is 12.1 Å². The number of alkyl halides is 3. The third-order valence-corrected chi connectivity index (χ3v) is 5.66. The summed E-state index contributed by atoms with van der Waals surface area (Å²) in [5.74, 6) is -0.983. The SMILES string of the molecule is O=C(O)[C@H](c1c[nH]c2ccc(Cl)cc12)N1CCN(c2cccc(C(F)(F)F)c2)CC1. The zero-order chi connectivity index (χ0) is 21.5. The van der Waals surface area contributed by atoms with Crippen molar-refractivity contribution in [1.29, 1.82) is 0 Å². The molecule has 9 heteroatoms. The first-order chi connectivity index (χ1) is 14.2. The Bertz CT molecular complexity index is 1070. The molecule has 2 heterocycles. The van der Waals surface area contributed by atoms with Crippen LogP contribution < -0.4 is 4.90 Å². The van der Waals surface area contributed by atoms with Gasteiger partial charge in [-0.25, -0.2) is 0 Å². The lowest BCUT2D eigenvalue weighted by atomic mass is 10.0. The van der Waals surface area contributed by atoms with E-state index >= 15 is 0 Å². The van der Waals surface area contributed by atoms with Crippen LogP contribution in [0.1, 0.15) is 17.2 Å². The van der Waals surface area contributed by atoms with Crippen molar-refractivity contribution in [2.24, 2.45) is 0 Å². The van der Waals surface area contributed by atoms with E-state index in [2.05, 4.69) is 4.98 Å². The van der Waals surface area contributed by atoms with Gasteiger partial charge in [-0.05, 0) is 36.4 Å². The van der Waals surface area contributed by atoms with Crippen molar-refractivity contribution in [3.63, 3.8) is 0 Å². The van der Waals surface area contributed by atoms with Gasteiger partial charge < -0.3 is 15.0 Å². The van der Waals surface area contributed by atoms with Gasteiger partial charge in [0.05, 0.1) is 5.56 Å². The maximum absolute atomic E-state index is 13.0. The van der Waals surface area contributed by atoms with Crippen molar-refractivity contribution in [1.82, 2.24) is 9.88 Å². The number of aromatic amines is 1. The summed E-state index contributed by atoms with van der Waals surface area (Å²) in [6, 6.07) is 9.59. The lowest BCUT2D eigenvalue weighted by molar-refractivity contribution is -0.143. The minimum atomic E-state index is -4.40. The highest BCUT2D eigenvalue weighted by Crippen LogP contribution is 2.34. The highest BCUT2D eigenvalue weighted by molar-refractivity contribution is 6.31. The Morgan fingerprint density at radius 3 is 2.50 bits per heavy atom. The molecule has 1 atom stereocenters. The highest BCUT2D eigenvalue weighted by atomic mass is 35.5. The lowest BCUT2D eigenvalue weighted by Gasteiger charge is -2.39. The van der Waals surface area contributed by atoms with Crippen LogP contribution in [0.3, 0.4) is 0 Å². The third kappa shape index (κ3) is 3.97. The first-order valence-corrected chi connectivity index (χ1v) is 9.77. The van der Waals surface area contributed by atoms with E-state index in [1.165, 1.54) is 6.07 Å². The number of H-pyrrole nitrogens is 1. The Hall–Kier alpha value is -2.71. The number of piperazine rings is 1. The Labute approximate surface area is 175 Å². The Morgan fingerprint density at radius 2 is 1.83 bits per heavy atom. The van der Waals surface area contributed by atoms with Gasteiger partial charge in [0.15, 0.2) is 0 Å². The second-order valence-corrected chi connectivity index (χ2v) is 7.68. The highest BCUT2D eigenvalue weighted by Gasteiger charge is 2.34. The maximum Gasteiger partial charge on any atom is 0.416 e. The standard InChI is InChI=1S/C21H19ClF3N3O2/c22-14-4-5-18-16(11-14)17(12-26-18)19(20(29)30)28-8-6-27(7-9-28)15-3-1-2-13(10-15)21(23,24)25/h1-5,10-12,19,26H,6-9H2,(H,29,30)/t19-/m0/s1. The second-order valence-electron chi connectivity index (χ2n) is 7.25. The molecule has 0 aliphatic carbocycles. The molecule has 0 radical (unpaired) electrons. The largest absolute Gasteiger partial charge is 0.480 e. The molecule has 1 fully saturated rings. The van der Waals surface area contributed by atoms with E-state index in [0.29, 0.717) is 42.5 Å². The molecule has 1 saturated heterocycles. The second kappa shape index (κ2) is 7.85. The fourth-order valence-electron chi connectivity index (χ4n) is 3.94. The molecule has 3 aromatic rings. The van der Waals surface area contributed by atoms with E-state index < -0.39 is 23.8 Å². The Balaban J connectivity index is 1.54. The summed E-state index contributed by atoms with van der Waals surface area (Å²) in [4.78, 5) is 18.9. The molecular weight excluding hydrogens is 419 g/mol. The molecule has 0 bridgehead atoms. The minimum absolute atomic E-state index is 0.403. The number of anilines is 1. The Kier molecular flexibility index (Phi) is 5.38. The summed E-state index contributed by atoms with van der Waals surface area (Å²) in [6.07, 6.45) is -2.72. The molecule has 30 heavy (non-hydrogen) atoms. The Morgan fingerprint density at radius 1 is 1.10 bits per heavy atom. The van der Waals surface area contributed by atoms with E-state index in [1.54, 1.807) is 30.5 Å². The van der Waals surface area contributed by atoms with Crippen molar-refractivity contribution >= 4 is 34.2 Å². The van der Waals surface area contributed by atoms with Crippen LogP contribution in [0.25, 0.3) is 10.9 Å². The first-order valence-electron chi connectivity index (χ1n) is 9.39. The van der Waals surface area contributed by atoms with Gasteiger partial charge in [0.2, 0.25) is 0 Å². The molecule has 1 aromatic heterocycles. The molecule has 4 rings (SSSR count). The molecule has 158 valence electrons. The summed E-state index contributed by atoms with van der Waals surface area (Å²) in [5.41, 5.74) is 1.20. The summed E-state index contributed by atoms with van der Waals surface area (Å²) < 4.78 is 39.0. The van der Waals surface area contributed by atoms with Crippen LogP contribution in [-0.4, -0.2) is 47.1 Å². The van der Waals surface area contributed by atoms with Gasteiger partial charge in [0.1, 0.15) is 6.04 Å². The van der Waals surface area contributed by atoms with Gasteiger partial charge in [0, 0.05) is 59.6 Å². The summed E-state index contributed by atoms with van der Waals surface area (Å²) in [7, 11) is 0. The fourth-order valence-corrected chi connectivity index (χ4v) is 4.12. The van der Waals surface area contributed by atoms with Crippen LogP contribution in [0.5, 0.6) is 0 Å². The first kappa shape index (κ1) is 20.6. The number of fused-ring (bicyclic) bond motifs is 1. The van der Waals surface area contributed by atoms with Crippen LogP contribution in [0.15, 0.2) is 48.7 Å². The van der Waals surface area contributed by atoms with Crippen molar-refractivity contribution in [2.45, 2.75) is 12.2 Å². The summed E-state index contributed by atoms with van der Waals surface area (Å²) in [6.45, 7) is 1.66. The van der Waals surface area contributed by atoms with Gasteiger partial charge in [-0.2, -0.15) is 13.2 Å². The molecule has 0 amide bonds. The number of rotatable bonds is 4. The topological polar surface area (TPSA) is 59.6 Å². The number of nitrogens with zero attached hydrogens (tertiary/aromatic N) is 2. The molecule has 1 aliphatic rings. The van der Waals surface area contributed by atoms with Gasteiger partial charge in [-0.15, -0.1) is 0 Å². The number of halogens is 4. The lowest BCUT2D eigenvalue weighted by Crippen LogP contribution is -2.49. The normalized spacial score (nSPS) is 16.7. The molecule has 0 saturated carbocycles. The van der Waals surface area contributed by atoms with Crippen molar-refractivity contribution < 1.29 is 23.1 Å². The van der Waals surface area contributed by atoms with Crippen LogP contribution >= 0.6 is 11.6 Å². The number of carboxylic acid groups (broad SMARTS) is 1. The summed E-state index contributed by atoms with van der Waals surface area (Å²) >= 11 is 6.09. The molecule has 2 aromatic carbocycles. The predicted octanol–water partition coefficient (Wildman–Crippen LogP) is 4.79. The van der Waals surface area contributed by atoms with E-state index in [0.717, 1.165) is 23.0 Å². The number of hydrogen-bond acceptors (Lipinski definition) is 3. The van der Waals surface area contributed by atoms with E-state index in [1.807, 2.05) is 9.80 Å². The number of benzene rings is 2. The molecule has 5 nitrogen and oxygen atoms in total. The number of carbonyl (C=O) groups is 1. The zero-order valence-electron chi connectivity index (χ0n) is 15.8. The van der Waals surface area contributed by atoms with Crippen LogP contribution in [0, 0.1) is 0 Å². The molecular formula is C21H19ClF3N3O2. The van der Waals surface area contributed by atoms with Gasteiger partial charge in [-0.1, -0.05) is 17.7 Å². The number of aromatic nitrogens is 1. The number of hydrogen-bond donors (Lipinski definition) is 2. The monoisotopic (exact) mass is 437 g/mol. The molecule has 2 N–H and O–H groups in total. The van der Waals surface area contributed by atoms with Crippen molar-refractivity contribution in [2.75, 3.05) is 31.1 Å². The van der Waals surface area contributed by atoms with Crippen molar-refractivity contribution in [3.05, 3.63) is 64.8 Å². The van der Waals surface area contributed by atoms with Crippen LogP contribution in [0.2, 0.25) is 5.02 Å². The predicted molar refractivity (Wildman–Crippen MR) is 109 cm³/mol. The van der Waals surface area contributed by atoms with E-state index in [4.69, 9.17) is 11.6 Å². The summed E-state index contributed by atoms with van der Waals surface area (Å²) in [5, 5.41) is 11.2. The minimum Gasteiger partial charge on any atom is -0.480 e. The van der Waals surface area contributed by atoms with Gasteiger partial charge in [0.25, 0.3) is 0 Å².